The molecule has 2 rings (SSSR count). The monoisotopic (exact) mass is 430 g/mol. The maximum atomic E-state index is 11.8. The summed E-state index contributed by atoms with van der Waals surface area (Å²) in [4.78, 5) is 11.8. The van der Waals surface area contributed by atoms with Crippen LogP contribution in [0.5, 0.6) is 11.5 Å². The van der Waals surface area contributed by atoms with Crippen molar-refractivity contribution >= 4 is 28.6 Å². The van der Waals surface area contributed by atoms with Gasteiger partial charge >= 0.3 is 5.97 Å². The molecule has 4 heteroatoms. The summed E-state index contributed by atoms with van der Waals surface area (Å²) in [5.41, 5.74) is 0.000703. The van der Waals surface area contributed by atoms with Gasteiger partial charge in [0.15, 0.2) is 0 Å². The first-order chi connectivity index (χ1) is 11.1. The predicted octanol–water partition coefficient (Wildman–Crippen LogP) is 5.69. The SMILES string of the molecule is CCCC1(Oc2ccc(OC(=O)C(I)CC)cc2)CCCCC1. The van der Waals surface area contributed by atoms with E-state index in [1.807, 2.05) is 31.2 Å². The normalized spacial score (nSPS) is 18.2. The molecule has 0 spiro atoms. The Kier molecular flexibility index (Phi) is 7.18. The molecular weight excluding hydrogens is 403 g/mol. The largest absolute Gasteiger partial charge is 0.487 e. The van der Waals surface area contributed by atoms with Crippen molar-refractivity contribution in [1.82, 2.24) is 0 Å². The Balaban J connectivity index is 1.99. The Morgan fingerprint density at radius 3 is 2.30 bits per heavy atom. The van der Waals surface area contributed by atoms with Gasteiger partial charge in [0.1, 0.15) is 21.0 Å². The number of alkyl halides is 1. The fourth-order valence-electron chi connectivity index (χ4n) is 3.23. The van der Waals surface area contributed by atoms with Crippen molar-refractivity contribution in [2.45, 2.75) is 74.7 Å². The van der Waals surface area contributed by atoms with Gasteiger partial charge in [-0.2, -0.15) is 0 Å². The summed E-state index contributed by atoms with van der Waals surface area (Å²) in [6, 6.07) is 7.50. The van der Waals surface area contributed by atoms with Crippen molar-refractivity contribution in [1.29, 1.82) is 0 Å². The Bertz CT molecular complexity index is 486. The van der Waals surface area contributed by atoms with Crippen LogP contribution in [0, 0.1) is 0 Å². The highest BCUT2D eigenvalue weighted by molar-refractivity contribution is 14.1. The molecule has 1 aliphatic carbocycles. The van der Waals surface area contributed by atoms with Gasteiger partial charge in [0.25, 0.3) is 0 Å². The van der Waals surface area contributed by atoms with E-state index in [9.17, 15) is 4.79 Å². The maximum absolute atomic E-state index is 11.8. The van der Waals surface area contributed by atoms with E-state index in [4.69, 9.17) is 9.47 Å². The van der Waals surface area contributed by atoms with Crippen molar-refractivity contribution in [2.24, 2.45) is 0 Å². The highest BCUT2D eigenvalue weighted by Gasteiger charge is 2.33. The average Bonchev–Trinajstić information content (AvgIpc) is 2.57. The molecule has 0 N–H and O–H groups in total. The summed E-state index contributed by atoms with van der Waals surface area (Å²) in [7, 11) is 0. The molecule has 128 valence electrons. The number of benzene rings is 1. The van der Waals surface area contributed by atoms with Crippen LogP contribution in [0.4, 0.5) is 0 Å². The Hall–Kier alpha value is -0.780. The van der Waals surface area contributed by atoms with Crippen LogP contribution in [0.25, 0.3) is 0 Å². The van der Waals surface area contributed by atoms with E-state index in [0.29, 0.717) is 5.75 Å². The van der Waals surface area contributed by atoms with Gasteiger partial charge in [0.2, 0.25) is 0 Å². The first-order valence-electron chi connectivity index (χ1n) is 8.73. The van der Waals surface area contributed by atoms with Crippen LogP contribution >= 0.6 is 22.6 Å². The van der Waals surface area contributed by atoms with Crippen LogP contribution in [-0.2, 0) is 4.79 Å². The minimum atomic E-state index is -0.184. The zero-order valence-electron chi connectivity index (χ0n) is 14.1. The molecule has 3 nitrogen and oxygen atoms in total. The molecule has 1 aliphatic rings. The third-order valence-electron chi connectivity index (χ3n) is 4.46. The number of carbonyl (C=O) groups excluding carboxylic acids is 1. The quantitative estimate of drug-likeness (QED) is 0.241. The van der Waals surface area contributed by atoms with Crippen LogP contribution in [0.15, 0.2) is 24.3 Å². The fourth-order valence-corrected chi connectivity index (χ4v) is 3.35. The Labute approximate surface area is 153 Å². The highest BCUT2D eigenvalue weighted by Crippen LogP contribution is 2.36. The van der Waals surface area contributed by atoms with Crippen molar-refractivity contribution in [3.8, 4) is 11.5 Å². The molecule has 0 bridgehead atoms. The molecule has 1 atom stereocenters. The second-order valence-electron chi connectivity index (χ2n) is 6.36. The fraction of sp³-hybridized carbons (Fsp3) is 0.632. The average molecular weight is 430 g/mol. The number of rotatable bonds is 7. The molecule has 0 radical (unpaired) electrons. The molecule has 0 aromatic heterocycles. The second kappa shape index (κ2) is 8.90. The van der Waals surface area contributed by atoms with Crippen LogP contribution in [-0.4, -0.2) is 15.5 Å². The number of esters is 1. The van der Waals surface area contributed by atoms with Gasteiger partial charge in [0, 0.05) is 0 Å². The molecule has 23 heavy (non-hydrogen) atoms. The molecular formula is C19H27IO3. The molecule has 1 aromatic carbocycles. The lowest BCUT2D eigenvalue weighted by Crippen LogP contribution is -2.38. The van der Waals surface area contributed by atoms with E-state index in [1.165, 1.54) is 19.3 Å². The number of hydrogen-bond acceptors (Lipinski definition) is 3. The van der Waals surface area contributed by atoms with E-state index >= 15 is 0 Å². The third kappa shape index (κ3) is 5.37. The van der Waals surface area contributed by atoms with Crippen LogP contribution in [0.3, 0.4) is 0 Å². The van der Waals surface area contributed by atoms with Crippen molar-refractivity contribution in [3.63, 3.8) is 0 Å². The first-order valence-corrected chi connectivity index (χ1v) is 9.98. The summed E-state index contributed by atoms with van der Waals surface area (Å²) < 4.78 is 11.7. The van der Waals surface area contributed by atoms with E-state index in [0.717, 1.165) is 37.9 Å². The molecule has 0 aliphatic heterocycles. The van der Waals surface area contributed by atoms with Crippen molar-refractivity contribution in [3.05, 3.63) is 24.3 Å². The molecule has 1 unspecified atom stereocenters. The van der Waals surface area contributed by atoms with Gasteiger partial charge in [0.05, 0.1) is 0 Å². The van der Waals surface area contributed by atoms with Gasteiger partial charge in [-0.05, 0) is 62.8 Å². The van der Waals surface area contributed by atoms with E-state index in [2.05, 4.69) is 29.5 Å². The van der Waals surface area contributed by atoms with Gasteiger partial charge in [-0.25, -0.2) is 0 Å². The Morgan fingerprint density at radius 1 is 1.13 bits per heavy atom. The Morgan fingerprint density at radius 2 is 1.74 bits per heavy atom. The van der Waals surface area contributed by atoms with Gasteiger partial charge in [-0.3, -0.25) is 4.79 Å². The standard InChI is InChI=1S/C19H27IO3/c1-3-12-19(13-6-5-7-14-19)23-16-10-8-15(9-11-16)22-18(21)17(20)4-2/h8-11,17H,3-7,12-14H2,1-2H3. The lowest BCUT2D eigenvalue weighted by Gasteiger charge is -2.37. The second-order valence-corrected chi connectivity index (χ2v) is 7.87. The minimum Gasteiger partial charge on any atom is -0.487 e. The van der Waals surface area contributed by atoms with Crippen molar-refractivity contribution in [2.75, 3.05) is 0 Å². The molecule has 0 heterocycles. The first kappa shape index (κ1) is 18.6. The lowest BCUT2D eigenvalue weighted by molar-refractivity contribution is -0.133. The van der Waals surface area contributed by atoms with Crippen LogP contribution in [0.1, 0.15) is 65.2 Å². The maximum Gasteiger partial charge on any atom is 0.324 e. The third-order valence-corrected chi connectivity index (χ3v) is 5.85. The van der Waals surface area contributed by atoms with E-state index in [1.54, 1.807) is 0 Å². The van der Waals surface area contributed by atoms with Crippen molar-refractivity contribution < 1.29 is 14.3 Å². The van der Waals surface area contributed by atoms with Crippen LogP contribution < -0.4 is 9.47 Å². The molecule has 0 amide bonds. The summed E-state index contributed by atoms with van der Waals surface area (Å²) in [5, 5.41) is 0. The number of halogens is 1. The summed E-state index contributed by atoms with van der Waals surface area (Å²) in [6.45, 7) is 4.20. The molecule has 1 fully saturated rings. The summed E-state index contributed by atoms with van der Waals surface area (Å²) in [6.07, 6.45) is 9.14. The van der Waals surface area contributed by atoms with Gasteiger partial charge in [-0.1, -0.05) is 49.3 Å². The van der Waals surface area contributed by atoms with Crippen LogP contribution in [0.2, 0.25) is 0 Å². The highest BCUT2D eigenvalue weighted by atomic mass is 127. The lowest BCUT2D eigenvalue weighted by atomic mass is 9.81. The zero-order chi connectivity index (χ0) is 16.7. The van der Waals surface area contributed by atoms with E-state index < -0.39 is 0 Å². The van der Waals surface area contributed by atoms with Gasteiger partial charge < -0.3 is 9.47 Å². The minimum absolute atomic E-state index is 0.000703. The summed E-state index contributed by atoms with van der Waals surface area (Å²) in [5.74, 6) is 1.28. The topological polar surface area (TPSA) is 35.5 Å². The number of ether oxygens (including phenoxy) is 2. The smallest absolute Gasteiger partial charge is 0.324 e. The molecule has 1 saturated carbocycles. The number of carbonyl (C=O) groups is 1. The summed E-state index contributed by atoms with van der Waals surface area (Å²) >= 11 is 2.11. The van der Waals surface area contributed by atoms with E-state index in [-0.39, 0.29) is 15.5 Å². The molecule has 1 aromatic rings. The predicted molar refractivity (Wildman–Crippen MR) is 102 cm³/mol. The zero-order valence-corrected chi connectivity index (χ0v) is 16.3. The molecule has 0 saturated heterocycles. The van der Waals surface area contributed by atoms with Gasteiger partial charge in [-0.15, -0.1) is 0 Å². The number of hydrogen-bond donors (Lipinski definition) is 0.